The molecule has 1 aromatic heterocycles. The van der Waals surface area contributed by atoms with Crippen molar-refractivity contribution in [3.63, 3.8) is 0 Å². The van der Waals surface area contributed by atoms with Gasteiger partial charge in [0.2, 0.25) is 0 Å². The van der Waals surface area contributed by atoms with Gasteiger partial charge >= 0.3 is 0 Å². The van der Waals surface area contributed by atoms with Gasteiger partial charge in [-0.25, -0.2) is 0 Å². The average molecular weight is 296 g/mol. The van der Waals surface area contributed by atoms with Gasteiger partial charge in [-0.3, -0.25) is 4.79 Å². The summed E-state index contributed by atoms with van der Waals surface area (Å²) in [4.78, 5) is 11.8. The molecule has 1 aromatic carbocycles. The smallest absolute Gasteiger partial charge is 0.291 e. The largest absolute Gasteiger partial charge is 0.497 e. The molecule has 1 N–H and O–H groups in total. The van der Waals surface area contributed by atoms with E-state index in [2.05, 4.69) is 21.2 Å². The summed E-state index contributed by atoms with van der Waals surface area (Å²) in [6, 6.07) is 10.4. The molecule has 1 amide bonds. The molecule has 1 heterocycles. The monoisotopic (exact) mass is 295 g/mol. The second-order valence-electron chi connectivity index (χ2n) is 3.29. The van der Waals surface area contributed by atoms with Crippen molar-refractivity contribution in [2.75, 3.05) is 12.4 Å². The lowest BCUT2D eigenvalue weighted by molar-refractivity contribution is 0.0995. The summed E-state index contributed by atoms with van der Waals surface area (Å²) in [5.74, 6) is 0.632. The first-order chi connectivity index (χ1) is 8.19. The van der Waals surface area contributed by atoms with Crippen LogP contribution in [-0.4, -0.2) is 13.0 Å². The van der Waals surface area contributed by atoms with Gasteiger partial charge in [-0.05, 0) is 40.2 Å². The maximum absolute atomic E-state index is 11.8. The van der Waals surface area contributed by atoms with Crippen LogP contribution in [0.25, 0.3) is 0 Å². The predicted molar refractivity (Wildman–Crippen MR) is 67.4 cm³/mol. The van der Waals surface area contributed by atoms with Crippen LogP contribution in [0.1, 0.15) is 10.6 Å². The third-order valence-electron chi connectivity index (χ3n) is 2.12. The van der Waals surface area contributed by atoms with E-state index in [9.17, 15) is 4.79 Å². The lowest BCUT2D eigenvalue weighted by Gasteiger charge is -2.05. The van der Waals surface area contributed by atoms with Crippen LogP contribution in [0.4, 0.5) is 5.69 Å². The van der Waals surface area contributed by atoms with Crippen molar-refractivity contribution in [1.82, 2.24) is 0 Å². The van der Waals surface area contributed by atoms with Gasteiger partial charge in [0.1, 0.15) is 5.75 Å². The van der Waals surface area contributed by atoms with Crippen molar-refractivity contribution in [3.05, 3.63) is 46.8 Å². The molecule has 0 radical (unpaired) electrons. The zero-order chi connectivity index (χ0) is 12.3. The Morgan fingerprint density at radius 3 is 2.82 bits per heavy atom. The predicted octanol–water partition coefficient (Wildman–Crippen LogP) is 3.30. The van der Waals surface area contributed by atoms with E-state index in [1.165, 1.54) is 0 Å². The van der Waals surface area contributed by atoms with E-state index in [4.69, 9.17) is 9.15 Å². The summed E-state index contributed by atoms with van der Waals surface area (Å²) in [6.07, 6.45) is 0. The maximum Gasteiger partial charge on any atom is 0.291 e. The number of ether oxygens (including phenoxy) is 1. The molecule has 4 nitrogen and oxygen atoms in total. The SMILES string of the molecule is COc1cccc(NC(=O)c2ccc(Br)o2)c1. The van der Waals surface area contributed by atoms with Gasteiger partial charge in [0.25, 0.3) is 5.91 Å². The summed E-state index contributed by atoms with van der Waals surface area (Å²) in [5, 5.41) is 2.71. The molecule has 2 rings (SSSR count). The Morgan fingerprint density at radius 2 is 2.18 bits per heavy atom. The number of furan rings is 1. The van der Waals surface area contributed by atoms with Gasteiger partial charge in [0.15, 0.2) is 10.4 Å². The summed E-state index contributed by atoms with van der Waals surface area (Å²) < 4.78 is 10.7. The van der Waals surface area contributed by atoms with Crippen molar-refractivity contribution < 1.29 is 13.9 Å². The molecule has 0 bridgehead atoms. The minimum Gasteiger partial charge on any atom is -0.497 e. The first-order valence-electron chi connectivity index (χ1n) is 4.90. The molecule has 0 atom stereocenters. The van der Waals surface area contributed by atoms with Crippen LogP contribution in [0, 0.1) is 0 Å². The van der Waals surface area contributed by atoms with Gasteiger partial charge < -0.3 is 14.5 Å². The van der Waals surface area contributed by atoms with Crippen LogP contribution in [0.2, 0.25) is 0 Å². The van der Waals surface area contributed by atoms with E-state index < -0.39 is 0 Å². The lowest BCUT2D eigenvalue weighted by atomic mass is 10.3. The first kappa shape index (κ1) is 11.7. The van der Waals surface area contributed by atoms with E-state index in [0.717, 1.165) is 0 Å². The highest BCUT2D eigenvalue weighted by atomic mass is 79.9. The molecule has 0 saturated carbocycles. The summed E-state index contributed by atoms with van der Waals surface area (Å²) in [6.45, 7) is 0. The number of carbonyl (C=O) groups is 1. The standard InChI is InChI=1S/C12H10BrNO3/c1-16-9-4-2-3-8(7-9)14-12(15)10-5-6-11(13)17-10/h2-7H,1H3,(H,14,15). The normalized spacial score (nSPS) is 10.0. The highest BCUT2D eigenvalue weighted by molar-refractivity contribution is 9.10. The van der Waals surface area contributed by atoms with Gasteiger partial charge in [-0.15, -0.1) is 0 Å². The molecule has 17 heavy (non-hydrogen) atoms. The molecular formula is C12H10BrNO3. The zero-order valence-corrected chi connectivity index (χ0v) is 10.7. The number of methoxy groups -OCH3 is 1. The third kappa shape index (κ3) is 2.88. The van der Waals surface area contributed by atoms with Crippen LogP contribution in [0.5, 0.6) is 5.75 Å². The second kappa shape index (κ2) is 5.05. The first-order valence-corrected chi connectivity index (χ1v) is 5.69. The minimum absolute atomic E-state index is 0.250. The van der Waals surface area contributed by atoms with Crippen LogP contribution in [0.3, 0.4) is 0 Å². The molecule has 5 heteroatoms. The molecule has 2 aromatic rings. The van der Waals surface area contributed by atoms with Crippen LogP contribution in [-0.2, 0) is 0 Å². The van der Waals surface area contributed by atoms with Crippen molar-refractivity contribution in [2.24, 2.45) is 0 Å². The van der Waals surface area contributed by atoms with Crippen LogP contribution in [0.15, 0.2) is 45.5 Å². The van der Waals surface area contributed by atoms with Gasteiger partial charge in [0.05, 0.1) is 7.11 Å². The molecule has 0 saturated heterocycles. The molecule has 0 aliphatic rings. The fourth-order valence-corrected chi connectivity index (χ4v) is 1.64. The summed E-state index contributed by atoms with van der Waals surface area (Å²) in [7, 11) is 1.57. The van der Waals surface area contributed by atoms with Crippen LogP contribution < -0.4 is 10.1 Å². The molecule has 0 aliphatic carbocycles. The fourth-order valence-electron chi connectivity index (χ4n) is 1.33. The van der Waals surface area contributed by atoms with E-state index in [-0.39, 0.29) is 11.7 Å². The van der Waals surface area contributed by atoms with E-state index in [1.807, 2.05) is 0 Å². The molecule has 88 valence electrons. The molecule has 0 fully saturated rings. The third-order valence-corrected chi connectivity index (χ3v) is 2.55. The number of anilines is 1. The molecule has 0 unspecified atom stereocenters. The number of nitrogens with one attached hydrogen (secondary N) is 1. The molecular weight excluding hydrogens is 286 g/mol. The number of halogens is 1. The number of hydrogen-bond acceptors (Lipinski definition) is 3. The Balaban J connectivity index is 2.12. The highest BCUT2D eigenvalue weighted by Gasteiger charge is 2.10. The van der Waals surface area contributed by atoms with Crippen LogP contribution >= 0.6 is 15.9 Å². The molecule has 0 spiro atoms. The van der Waals surface area contributed by atoms with E-state index >= 15 is 0 Å². The topological polar surface area (TPSA) is 51.5 Å². The van der Waals surface area contributed by atoms with Gasteiger partial charge in [-0.1, -0.05) is 6.07 Å². The minimum atomic E-state index is -0.302. The number of benzene rings is 1. The fraction of sp³-hybridized carbons (Fsp3) is 0.0833. The number of hydrogen-bond donors (Lipinski definition) is 1. The number of amides is 1. The number of carbonyl (C=O) groups excluding carboxylic acids is 1. The number of rotatable bonds is 3. The zero-order valence-electron chi connectivity index (χ0n) is 9.07. The average Bonchev–Trinajstić information content (AvgIpc) is 2.76. The highest BCUT2D eigenvalue weighted by Crippen LogP contribution is 2.19. The van der Waals surface area contributed by atoms with E-state index in [1.54, 1.807) is 43.5 Å². The molecule has 0 aliphatic heterocycles. The summed E-state index contributed by atoms with van der Waals surface area (Å²) in [5.41, 5.74) is 0.655. The lowest BCUT2D eigenvalue weighted by Crippen LogP contribution is -2.10. The Bertz CT molecular complexity index is 536. The van der Waals surface area contributed by atoms with Gasteiger partial charge in [-0.2, -0.15) is 0 Å². The second-order valence-corrected chi connectivity index (χ2v) is 4.07. The van der Waals surface area contributed by atoms with E-state index in [0.29, 0.717) is 16.1 Å². The Kier molecular flexibility index (Phi) is 3.49. The van der Waals surface area contributed by atoms with Crippen molar-refractivity contribution >= 4 is 27.5 Å². The quantitative estimate of drug-likeness (QED) is 0.945. The Morgan fingerprint density at radius 1 is 1.35 bits per heavy atom. The Labute approximate surface area is 107 Å². The van der Waals surface area contributed by atoms with Crippen molar-refractivity contribution in [3.8, 4) is 5.75 Å². The Hall–Kier alpha value is -1.75. The van der Waals surface area contributed by atoms with Gasteiger partial charge in [0, 0.05) is 11.8 Å². The maximum atomic E-state index is 11.8. The summed E-state index contributed by atoms with van der Waals surface area (Å²) >= 11 is 3.14. The van der Waals surface area contributed by atoms with Crippen molar-refractivity contribution in [2.45, 2.75) is 0 Å². The van der Waals surface area contributed by atoms with Crippen molar-refractivity contribution in [1.29, 1.82) is 0 Å².